The average molecular weight is 281 g/mol. The number of benzene rings is 1. The van der Waals surface area contributed by atoms with Crippen LogP contribution in [0.2, 0.25) is 0 Å². The molecule has 0 aliphatic heterocycles. The second kappa shape index (κ2) is 8.00. The molecule has 1 aromatic carbocycles. The van der Waals surface area contributed by atoms with E-state index in [4.69, 9.17) is 9.47 Å². The van der Waals surface area contributed by atoms with Crippen LogP contribution in [0.25, 0.3) is 0 Å². The number of hydrogen-bond donors (Lipinski definition) is 2. The van der Waals surface area contributed by atoms with Gasteiger partial charge in [0.2, 0.25) is 0 Å². The molecule has 0 fully saturated rings. The standard InChI is InChI=1S/C13H19N3O4/c1-16(2)12(17)15-10-5-4-6-11(9-10)20-13(18)14-7-8-19-3/h4-6,9H,7-8H2,1-3H3,(H,14,18)(H,15,17). The molecule has 1 rings (SSSR count). The predicted octanol–water partition coefficient (Wildman–Crippen LogP) is 1.51. The lowest BCUT2D eigenvalue weighted by Gasteiger charge is -2.12. The Bertz CT molecular complexity index is 463. The summed E-state index contributed by atoms with van der Waals surface area (Å²) in [7, 11) is 4.82. The first-order chi connectivity index (χ1) is 9.52. The largest absolute Gasteiger partial charge is 0.412 e. The molecule has 110 valence electrons. The Morgan fingerprint density at radius 3 is 2.70 bits per heavy atom. The minimum Gasteiger partial charge on any atom is -0.410 e. The molecule has 3 amide bonds. The van der Waals surface area contributed by atoms with Gasteiger partial charge < -0.3 is 25.0 Å². The van der Waals surface area contributed by atoms with Crippen LogP contribution in [-0.2, 0) is 4.74 Å². The van der Waals surface area contributed by atoms with E-state index in [-0.39, 0.29) is 6.03 Å². The molecular weight excluding hydrogens is 262 g/mol. The van der Waals surface area contributed by atoms with E-state index in [9.17, 15) is 9.59 Å². The zero-order chi connectivity index (χ0) is 15.0. The van der Waals surface area contributed by atoms with Crippen LogP contribution in [0.4, 0.5) is 15.3 Å². The van der Waals surface area contributed by atoms with Crippen molar-refractivity contribution in [3.8, 4) is 5.75 Å². The zero-order valence-electron chi connectivity index (χ0n) is 11.8. The third kappa shape index (κ3) is 5.57. The SMILES string of the molecule is COCCNC(=O)Oc1cccc(NC(=O)N(C)C)c1. The summed E-state index contributed by atoms with van der Waals surface area (Å²) >= 11 is 0. The molecule has 7 heteroatoms. The van der Waals surface area contributed by atoms with Gasteiger partial charge in [-0.25, -0.2) is 9.59 Å². The van der Waals surface area contributed by atoms with Gasteiger partial charge in [0, 0.05) is 39.5 Å². The van der Waals surface area contributed by atoms with Crippen molar-refractivity contribution >= 4 is 17.8 Å². The zero-order valence-corrected chi connectivity index (χ0v) is 11.8. The first-order valence-corrected chi connectivity index (χ1v) is 6.06. The first kappa shape index (κ1) is 15.8. The van der Waals surface area contributed by atoms with Crippen molar-refractivity contribution in [3.63, 3.8) is 0 Å². The topological polar surface area (TPSA) is 79.9 Å². The van der Waals surface area contributed by atoms with Crippen molar-refractivity contribution in [2.75, 3.05) is 39.7 Å². The number of hydrogen-bond acceptors (Lipinski definition) is 4. The maximum absolute atomic E-state index is 11.5. The first-order valence-electron chi connectivity index (χ1n) is 6.06. The van der Waals surface area contributed by atoms with Gasteiger partial charge in [-0.1, -0.05) is 6.07 Å². The Hall–Kier alpha value is -2.28. The number of rotatable bonds is 5. The summed E-state index contributed by atoms with van der Waals surface area (Å²) in [5.74, 6) is 0.344. The molecule has 1 aromatic rings. The van der Waals surface area contributed by atoms with E-state index in [1.165, 1.54) is 4.90 Å². The van der Waals surface area contributed by atoms with E-state index in [0.717, 1.165) is 0 Å². The smallest absolute Gasteiger partial charge is 0.410 e. The van der Waals surface area contributed by atoms with E-state index in [2.05, 4.69) is 10.6 Å². The van der Waals surface area contributed by atoms with Gasteiger partial charge in [0.25, 0.3) is 0 Å². The van der Waals surface area contributed by atoms with Crippen LogP contribution in [0.1, 0.15) is 0 Å². The molecular formula is C13H19N3O4. The lowest BCUT2D eigenvalue weighted by molar-refractivity contribution is 0.180. The van der Waals surface area contributed by atoms with Crippen molar-refractivity contribution in [3.05, 3.63) is 24.3 Å². The Morgan fingerprint density at radius 1 is 1.30 bits per heavy atom. The third-order valence-electron chi connectivity index (χ3n) is 2.28. The monoisotopic (exact) mass is 281 g/mol. The van der Waals surface area contributed by atoms with Crippen molar-refractivity contribution in [1.29, 1.82) is 0 Å². The summed E-state index contributed by atoms with van der Waals surface area (Å²) < 4.78 is 9.88. The summed E-state index contributed by atoms with van der Waals surface area (Å²) in [5.41, 5.74) is 0.547. The number of methoxy groups -OCH3 is 1. The van der Waals surface area contributed by atoms with Crippen molar-refractivity contribution in [2.24, 2.45) is 0 Å². The number of ether oxygens (including phenoxy) is 2. The highest BCUT2D eigenvalue weighted by Crippen LogP contribution is 2.17. The molecule has 0 atom stereocenters. The predicted molar refractivity (Wildman–Crippen MR) is 75.1 cm³/mol. The van der Waals surface area contributed by atoms with Crippen LogP contribution in [0.15, 0.2) is 24.3 Å². The molecule has 7 nitrogen and oxygen atoms in total. The highest BCUT2D eigenvalue weighted by Gasteiger charge is 2.07. The van der Waals surface area contributed by atoms with Crippen LogP contribution in [0.5, 0.6) is 5.75 Å². The maximum Gasteiger partial charge on any atom is 0.412 e. The number of carbonyl (C=O) groups is 2. The van der Waals surface area contributed by atoms with E-state index in [1.54, 1.807) is 45.5 Å². The quantitative estimate of drug-likeness (QED) is 0.802. The molecule has 0 saturated heterocycles. The summed E-state index contributed by atoms with van der Waals surface area (Å²) in [4.78, 5) is 24.4. The van der Waals surface area contributed by atoms with Gasteiger partial charge in [-0.3, -0.25) is 0 Å². The molecule has 0 unspecified atom stereocenters. The molecule has 0 radical (unpaired) electrons. The normalized spacial score (nSPS) is 9.75. The van der Waals surface area contributed by atoms with Crippen LogP contribution >= 0.6 is 0 Å². The van der Waals surface area contributed by atoms with Crippen molar-refractivity contribution < 1.29 is 19.1 Å². The number of nitrogens with zero attached hydrogens (tertiary/aromatic N) is 1. The number of nitrogens with one attached hydrogen (secondary N) is 2. The van der Waals surface area contributed by atoms with Gasteiger partial charge in [0.15, 0.2) is 0 Å². The number of urea groups is 1. The van der Waals surface area contributed by atoms with Gasteiger partial charge >= 0.3 is 12.1 Å². The molecule has 0 heterocycles. The highest BCUT2D eigenvalue weighted by atomic mass is 16.6. The molecule has 0 aromatic heterocycles. The minimum absolute atomic E-state index is 0.258. The van der Waals surface area contributed by atoms with E-state index < -0.39 is 6.09 Å². The van der Waals surface area contributed by atoms with Gasteiger partial charge in [-0.05, 0) is 12.1 Å². The second-order valence-electron chi connectivity index (χ2n) is 4.16. The number of amides is 3. The van der Waals surface area contributed by atoms with Gasteiger partial charge in [0.1, 0.15) is 5.75 Å². The Labute approximate surface area is 117 Å². The van der Waals surface area contributed by atoms with Crippen LogP contribution in [-0.4, -0.2) is 51.4 Å². The molecule has 0 aliphatic carbocycles. The van der Waals surface area contributed by atoms with Gasteiger partial charge in [-0.15, -0.1) is 0 Å². The fourth-order valence-electron chi connectivity index (χ4n) is 1.27. The van der Waals surface area contributed by atoms with Crippen LogP contribution < -0.4 is 15.4 Å². The molecule has 0 spiro atoms. The molecule has 0 bridgehead atoms. The summed E-state index contributed by atoms with van der Waals surface area (Å²) in [6, 6.07) is 6.32. The number of anilines is 1. The third-order valence-corrected chi connectivity index (χ3v) is 2.28. The van der Waals surface area contributed by atoms with Crippen LogP contribution in [0, 0.1) is 0 Å². The summed E-state index contributed by atoms with van der Waals surface area (Å²) in [6.07, 6.45) is -0.571. The molecule has 0 saturated carbocycles. The minimum atomic E-state index is -0.571. The number of carbonyl (C=O) groups excluding carboxylic acids is 2. The van der Waals surface area contributed by atoms with Crippen molar-refractivity contribution in [1.82, 2.24) is 10.2 Å². The Balaban J connectivity index is 2.55. The fraction of sp³-hybridized carbons (Fsp3) is 0.385. The molecule has 20 heavy (non-hydrogen) atoms. The van der Waals surface area contributed by atoms with E-state index >= 15 is 0 Å². The van der Waals surface area contributed by atoms with E-state index in [0.29, 0.717) is 24.6 Å². The Morgan fingerprint density at radius 2 is 2.05 bits per heavy atom. The van der Waals surface area contributed by atoms with Gasteiger partial charge in [0.05, 0.1) is 6.61 Å². The second-order valence-corrected chi connectivity index (χ2v) is 4.16. The van der Waals surface area contributed by atoms with Gasteiger partial charge in [-0.2, -0.15) is 0 Å². The fourth-order valence-corrected chi connectivity index (χ4v) is 1.27. The Kier molecular flexibility index (Phi) is 6.31. The van der Waals surface area contributed by atoms with Crippen molar-refractivity contribution in [2.45, 2.75) is 0 Å². The maximum atomic E-state index is 11.5. The van der Waals surface area contributed by atoms with E-state index in [1.807, 2.05) is 0 Å². The van der Waals surface area contributed by atoms with Crippen LogP contribution in [0.3, 0.4) is 0 Å². The lowest BCUT2D eigenvalue weighted by Crippen LogP contribution is -2.30. The highest BCUT2D eigenvalue weighted by molar-refractivity contribution is 5.89. The average Bonchev–Trinajstić information content (AvgIpc) is 2.39. The summed E-state index contributed by atoms with van der Waals surface area (Å²) in [5, 5.41) is 5.19. The molecule has 2 N–H and O–H groups in total. The summed E-state index contributed by atoms with van der Waals surface area (Å²) in [6.45, 7) is 0.778. The lowest BCUT2D eigenvalue weighted by atomic mass is 10.3. The molecule has 0 aliphatic rings.